The van der Waals surface area contributed by atoms with Gasteiger partial charge in [-0.2, -0.15) is 0 Å². The molecular weight excluding hydrogens is 218 g/mol. The highest BCUT2D eigenvalue weighted by Gasteiger charge is 2.22. The van der Waals surface area contributed by atoms with E-state index in [1.807, 2.05) is 0 Å². The van der Waals surface area contributed by atoms with Crippen molar-refractivity contribution in [1.29, 1.82) is 0 Å². The lowest BCUT2D eigenvalue weighted by Gasteiger charge is -2.29. The molecule has 0 aliphatic rings. The first-order valence-corrected chi connectivity index (χ1v) is 8.51. The van der Waals surface area contributed by atoms with Crippen molar-refractivity contribution in [3.8, 4) is 0 Å². The largest absolute Gasteiger partial charge is 0.127 e. The summed E-state index contributed by atoms with van der Waals surface area (Å²) in [7, 11) is 4.36. The van der Waals surface area contributed by atoms with Crippen molar-refractivity contribution < 1.29 is 0 Å². The predicted octanol–water partition coefficient (Wildman–Crippen LogP) is 5.42. The summed E-state index contributed by atoms with van der Waals surface area (Å²) >= 11 is 0. The van der Waals surface area contributed by atoms with Gasteiger partial charge >= 0.3 is 0 Å². The van der Waals surface area contributed by atoms with Gasteiger partial charge in [0.25, 0.3) is 0 Å². The molecule has 0 nitrogen and oxygen atoms in total. The third-order valence-electron chi connectivity index (χ3n) is 2.96. The van der Waals surface area contributed by atoms with Crippen LogP contribution in [0.5, 0.6) is 0 Å². The maximum Gasteiger partial charge on any atom is 0.00214 e. The summed E-state index contributed by atoms with van der Waals surface area (Å²) in [6, 6.07) is 0. The first kappa shape index (κ1) is 15.9. The Morgan fingerprint density at radius 2 is 1.33 bits per heavy atom. The smallest absolute Gasteiger partial charge is 0.00214 e. The highest BCUT2D eigenvalue weighted by atomic mass is 31.1. The Kier molecular flexibility index (Phi) is 10.6. The van der Waals surface area contributed by atoms with E-state index in [0.29, 0.717) is 4.90 Å². The molecule has 0 spiro atoms. The molecule has 0 aromatic rings. The lowest BCUT2D eigenvalue weighted by atomic mass is 10.1. The van der Waals surface area contributed by atoms with Crippen molar-refractivity contribution in [3.05, 3.63) is 0 Å². The fourth-order valence-electron chi connectivity index (χ4n) is 1.80. The molecule has 92 valence electrons. The second-order valence-electron chi connectivity index (χ2n) is 4.64. The van der Waals surface area contributed by atoms with Crippen LogP contribution in [0.1, 0.15) is 72.1 Å². The molecule has 0 rings (SSSR count). The van der Waals surface area contributed by atoms with Crippen molar-refractivity contribution in [2.75, 3.05) is 6.16 Å². The monoisotopic (exact) mass is 248 g/mol. The maximum atomic E-state index is 3.20. The molecule has 0 radical (unpaired) electrons. The van der Waals surface area contributed by atoms with Crippen LogP contribution in [-0.4, -0.2) is 11.1 Å². The van der Waals surface area contributed by atoms with Gasteiger partial charge in [-0.15, -0.1) is 17.8 Å². The quantitative estimate of drug-likeness (QED) is 0.358. The van der Waals surface area contributed by atoms with Gasteiger partial charge in [-0.1, -0.05) is 52.9 Å². The van der Waals surface area contributed by atoms with Crippen LogP contribution in [0.15, 0.2) is 0 Å². The lowest BCUT2D eigenvalue weighted by Crippen LogP contribution is -2.14. The minimum atomic E-state index is 0.598. The van der Waals surface area contributed by atoms with E-state index < -0.39 is 0 Å². The van der Waals surface area contributed by atoms with Crippen LogP contribution in [0.4, 0.5) is 0 Å². The van der Waals surface area contributed by atoms with Gasteiger partial charge in [-0.25, -0.2) is 0 Å². The zero-order valence-corrected chi connectivity index (χ0v) is 13.1. The van der Waals surface area contributed by atoms with E-state index in [0.717, 1.165) is 0 Å². The Balaban J connectivity index is 3.89. The highest BCUT2D eigenvalue weighted by Crippen LogP contribution is 2.46. The first-order chi connectivity index (χ1) is 7.18. The summed E-state index contributed by atoms with van der Waals surface area (Å²) in [5.74, 6) is 0. The van der Waals surface area contributed by atoms with Gasteiger partial charge < -0.3 is 0 Å². The van der Waals surface area contributed by atoms with Crippen LogP contribution in [0.25, 0.3) is 0 Å². The zero-order valence-electron chi connectivity index (χ0n) is 10.9. The second-order valence-corrected chi connectivity index (χ2v) is 8.18. The summed E-state index contributed by atoms with van der Waals surface area (Å²) in [5, 5.41) is 0. The molecule has 0 bridgehead atoms. The molecule has 0 amide bonds. The molecule has 0 aromatic carbocycles. The summed E-state index contributed by atoms with van der Waals surface area (Å²) in [6.07, 6.45) is 12.6. The van der Waals surface area contributed by atoms with Crippen LogP contribution in [0, 0.1) is 0 Å². The maximum absolute atomic E-state index is 3.20. The molecule has 0 heterocycles. The summed E-state index contributed by atoms with van der Waals surface area (Å²) < 4.78 is 0. The fraction of sp³-hybridized carbons (Fsp3) is 1.00. The standard InChI is InChI=1S/C13H30P2/c1-4-7-10-13(14,11-8-5-2)15-12-9-6-3/h15H,4-12,14H2,1-3H3. The van der Waals surface area contributed by atoms with E-state index >= 15 is 0 Å². The number of unbranched alkanes of at least 4 members (excludes halogenated alkanes) is 3. The summed E-state index contributed by atoms with van der Waals surface area (Å²) in [6.45, 7) is 6.91. The van der Waals surface area contributed by atoms with E-state index in [2.05, 4.69) is 30.0 Å². The minimum absolute atomic E-state index is 0.598. The first-order valence-electron chi connectivity index (χ1n) is 6.72. The van der Waals surface area contributed by atoms with Crippen LogP contribution in [0.3, 0.4) is 0 Å². The van der Waals surface area contributed by atoms with Crippen LogP contribution >= 0.6 is 17.8 Å². The number of hydrogen-bond acceptors (Lipinski definition) is 0. The zero-order chi connectivity index (χ0) is 11.6. The summed E-state index contributed by atoms with van der Waals surface area (Å²) in [4.78, 5) is 0.598. The molecule has 0 aliphatic carbocycles. The third-order valence-corrected chi connectivity index (χ3v) is 5.96. The predicted molar refractivity (Wildman–Crippen MR) is 79.6 cm³/mol. The molecule has 0 saturated carbocycles. The molecule has 0 fully saturated rings. The topological polar surface area (TPSA) is 0 Å². The van der Waals surface area contributed by atoms with Gasteiger partial charge in [0.15, 0.2) is 0 Å². The molecule has 15 heavy (non-hydrogen) atoms. The van der Waals surface area contributed by atoms with Crippen LogP contribution < -0.4 is 0 Å². The number of rotatable bonds is 10. The average Bonchev–Trinajstić information content (AvgIpc) is 2.24. The average molecular weight is 248 g/mol. The van der Waals surface area contributed by atoms with Crippen molar-refractivity contribution >= 4 is 17.8 Å². The minimum Gasteiger partial charge on any atom is -0.127 e. The van der Waals surface area contributed by atoms with Gasteiger partial charge in [0.2, 0.25) is 0 Å². The van der Waals surface area contributed by atoms with Gasteiger partial charge in [-0.3, -0.25) is 0 Å². The van der Waals surface area contributed by atoms with Crippen molar-refractivity contribution in [3.63, 3.8) is 0 Å². The Morgan fingerprint density at radius 3 is 1.73 bits per heavy atom. The van der Waals surface area contributed by atoms with Gasteiger partial charge in [0, 0.05) is 4.90 Å². The fourth-order valence-corrected chi connectivity index (χ4v) is 4.38. The van der Waals surface area contributed by atoms with E-state index in [9.17, 15) is 0 Å². The molecule has 2 heteroatoms. The molecule has 2 unspecified atom stereocenters. The Morgan fingerprint density at radius 1 is 0.867 bits per heavy atom. The summed E-state index contributed by atoms with van der Waals surface area (Å²) in [5.41, 5.74) is 0. The van der Waals surface area contributed by atoms with Gasteiger partial charge in [-0.05, 0) is 25.4 Å². The molecule has 0 saturated heterocycles. The molecule has 2 atom stereocenters. The molecule has 0 N–H and O–H groups in total. The second kappa shape index (κ2) is 10.0. The molecular formula is C13H30P2. The Hall–Kier alpha value is 0.860. The lowest BCUT2D eigenvalue weighted by molar-refractivity contribution is 0.579. The van der Waals surface area contributed by atoms with E-state index in [1.54, 1.807) is 0 Å². The van der Waals surface area contributed by atoms with Gasteiger partial charge in [0.05, 0.1) is 0 Å². The van der Waals surface area contributed by atoms with Crippen molar-refractivity contribution in [2.45, 2.75) is 77.0 Å². The van der Waals surface area contributed by atoms with E-state index in [1.165, 1.54) is 66.1 Å². The Labute approximate surface area is 101 Å². The van der Waals surface area contributed by atoms with Crippen molar-refractivity contribution in [2.24, 2.45) is 0 Å². The highest BCUT2D eigenvalue weighted by molar-refractivity contribution is 7.51. The SMILES string of the molecule is CCCCPC(P)(CCCC)CCCC. The van der Waals surface area contributed by atoms with E-state index in [-0.39, 0.29) is 0 Å². The number of hydrogen-bond donors (Lipinski definition) is 0. The molecule has 0 aliphatic heterocycles. The third kappa shape index (κ3) is 8.65. The Bertz CT molecular complexity index is 126. The van der Waals surface area contributed by atoms with E-state index in [4.69, 9.17) is 0 Å². The van der Waals surface area contributed by atoms with Crippen molar-refractivity contribution in [1.82, 2.24) is 0 Å². The van der Waals surface area contributed by atoms with Crippen LogP contribution in [-0.2, 0) is 0 Å². The normalized spacial score (nSPS) is 12.8. The van der Waals surface area contributed by atoms with Crippen LogP contribution in [0.2, 0.25) is 0 Å². The molecule has 0 aromatic heterocycles. The van der Waals surface area contributed by atoms with Gasteiger partial charge in [0.1, 0.15) is 0 Å².